The molecule has 3 N–H and O–H groups in total. The number of amides is 1. The summed E-state index contributed by atoms with van der Waals surface area (Å²) < 4.78 is 13.3. The summed E-state index contributed by atoms with van der Waals surface area (Å²) in [4.78, 5) is 18.8. The third-order valence-corrected chi connectivity index (χ3v) is 4.15. The molecule has 7 heteroatoms. The third-order valence-electron chi connectivity index (χ3n) is 4.15. The van der Waals surface area contributed by atoms with Crippen molar-refractivity contribution >= 4 is 11.9 Å². The Bertz CT molecular complexity index is 822. The second-order valence-corrected chi connectivity index (χ2v) is 6.94. The Morgan fingerprint density at radius 1 is 1.03 bits per heavy atom. The van der Waals surface area contributed by atoms with E-state index < -0.39 is 0 Å². The van der Waals surface area contributed by atoms with Gasteiger partial charge in [0.15, 0.2) is 5.96 Å². The van der Waals surface area contributed by atoms with Gasteiger partial charge in [-0.3, -0.25) is 4.79 Å². The SMILES string of the molecule is CCNC(=NCc1cccc(F)c1)NCc1cccc(C(=O)NCCN(C)C)c1. The number of carbonyl (C=O) groups excluding carboxylic acids is 1. The van der Waals surface area contributed by atoms with Crippen LogP contribution in [0.5, 0.6) is 0 Å². The molecular formula is C22H30FN5O. The van der Waals surface area contributed by atoms with Crippen LogP contribution in [-0.2, 0) is 13.1 Å². The second kappa shape index (κ2) is 11.8. The molecule has 0 aromatic heterocycles. The maximum atomic E-state index is 13.3. The lowest BCUT2D eigenvalue weighted by Crippen LogP contribution is -2.36. The summed E-state index contributed by atoms with van der Waals surface area (Å²) in [6.07, 6.45) is 0. The number of hydrogen-bond acceptors (Lipinski definition) is 3. The first-order chi connectivity index (χ1) is 14.0. The number of benzene rings is 2. The highest BCUT2D eigenvalue weighted by atomic mass is 19.1. The van der Waals surface area contributed by atoms with Crippen LogP contribution in [0.4, 0.5) is 4.39 Å². The summed E-state index contributed by atoms with van der Waals surface area (Å²) in [5, 5.41) is 9.35. The van der Waals surface area contributed by atoms with Gasteiger partial charge in [-0.25, -0.2) is 9.38 Å². The van der Waals surface area contributed by atoms with Gasteiger partial charge in [0.1, 0.15) is 5.82 Å². The van der Waals surface area contributed by atoms with Crippen LogP contribution in [0.2, 0.25) is 0 Å². The number of hydrogen-bond donors (Lipinski definition) is 3. The highest BCUT2D eigenvalue weighted by Gasteiger charge is 2.06. The molecule has 0 fully saturated rings. The normalized spacial score (nSPS) is 11.4. The van der Waals surface area contributed by atoms with Gasteiger partial charge in [0.05, 0.1) is 6.54 Å². The van der Waals surface area contributed by atoms with Crippen LogP contribution < -0.4 is 16.0 Å². The molecule has 0 aliphatic carbocycles. The molecule has 156 valence electrons. The minimum absolute atomic E-state index is 0.0830. The fourth-order valence-corrected chi connectivity index (χ4v) is 2.65. The van der Waals surface area contributed by atoms with E-state index in [2.05, 4.69) is 20.9 Å². The van der Waals surface area contributed by atoms with Crippen LogP contribution in [0.1, 0.15) is 28.4 Å². The first-order valence-corrected chi connectivity index (χ1v) is 9.76. The summed E-state index contributed by atoms with van der Waals surface area (Å²) in [7, 11) is 3.94. The topological polar surface area (TPSA) is 68.8 Å². The minimum Gasteiger partial charge on any atom is -0.357 e. The van der Waals surface area contributed by atoms with E-state index in [1.165, 1.54) is 12.1 Å². The third kappa shape index (κ3) is 8.31. The van der Waals surface area contributed by atoms with Crippen LogP contribution in [0.15, 0.2) is 53.5 Å². The molecule has 0 bridgehead atoms. The number of halogens is 1. The van der Waals surface area contributed by atoms with E-state index in [4.69, 9.17) is 0 Å². The largest absolute Gasteiger partial charge is 0.357 e. The van der Waals surface area contributed by atoms with E-state index in [-0.39, 0.29) is 11.7 Å². The molecule has 0 saturated carbocycles. The number of carbonyl (C=O) groups is 1. The van der Waals surface area contributed by atoms with Gasteiger partial charge in [-0.05, 0) is 56.4 Å². The van der Waals surface area contributed by atoms with Crippen molar-refractivity contribution in [3.63, 3.8) is 0 Å². The summed E-state index contributed by atoms with van der Waals surface area (Å²) >= 11 is 0. The molecule has 2 aromatic carbocycles. The van der Waals surface area contributed by atoms with Gasteiger partial charge in [-0.1, -0.05) is 24.3 Å². The van der Waals surface area contributed by atoms with Gasteiger partial charge in [0.2, 0.25) is 0 Å². The molecule has 0 radical (unpaired) electrons. The van der Waals surface area contributed by atoms with Crippen molar-refractivity contribution in [3.8, 4) is 0 Å². The Labute approximate surface area is 172 Å². The Balaban J connectivity index is 1.95. The van der Waals surface area contributed by atoms with Gasteiger partial charge in [0.25, 0.3) is 5.91 Å². The molecule has 0 aliphatic heterocycles. The Morgan fingerprint density at radius 2 is 1.79 bits per heavy atom. The van der Waals surface area contributed by atoms with Crippen molar-refractivity contribution in [1.29, 1.82) is 0 Å². The average molecular weight is 400 g/mol. The molecule has 0 spiro atoms. The first-order valence-electron chi connectivity index (χ1n) is 9.76. The van der Waals surface area contributed by atoms with Gasteiger partial charge in [-0.2, -0.15) is 0 Å². The van der Waals surface area contributed by atoms with Crippen molar-refractivity contribution < 1.29 is 9.18 Å². The Morgan fingerprint density at radius 3 is 2.52 bits per heavy atom. The number of rotatable bonds is 9. The van der Waals surface area contributed by atoms with E-state index >= 15 is 0 Å². The molecule has 0 aliphatic rings. The molecule has 1 amide bonds. The fraction of sp³-hybridized carbons (Fsp3) is 0.364. The van der Waals surface area contributed by atoms with Crippen LogP contribution in [0.25, 0.3) is 0 Å². The maximum Gasteiger partial charge on any atom is 0.251 e. The zero-order chi connectivity index (χ0) is 21.1. The van der Waals surface area contributed by atoms with Crippen LogP contribution >= 0.6 is 0 Å². The smallest absolute Gasteiger partial charge is 0.251 e. The van der Waals surface area contributed by atoms with Crippen molar-refractivity contribution in [2.75, 3.05) is 33.7 Å². The first kappa shape index (κ1) is 22.4. The second-order valence-electron chi connectivity index (χ2n) is 6.94. The summed E-state index contributed by atoms with van der Waals surface area (Å²) in [6.45, 7) is 4.99. The van der Waals surface area contributed by atoms with Crippen LogP contribution in [0, 0.1) is 5.82 Å². The van der Waals surface area contributed by atoms with Gasteiger partial charge < -0.3 is 20.9 Å². The van der Waals surface area contributed by atoms with Crippen molar-refractivity contribution in [2.45, 2.75) is 20.0 Å². The predicted molar refractivity (Wildman–Crippen MR) is 115 cm³/mol. The molecule has 2 rings (SSSR count). The van der Waals surface area contributed by atoms with E-state index in [1.54, 1.807) is 12.1 Å². The zero-order valence-electron chi connectivity index (χ0n) is 17.3. The Kier molecular flexibility index (Phi) is 9.11. The molecule has 0 unspecified atom stereocenters. The fourth-order valence-electron chi connectivity index (χ4n) is 2.65. The highest BCUT2D eigenvalue weighted by molar-refractivity contribution is 5.94. The number of nitrogens with zero attached hydrogens (tertiary/aromatic N) is 2. The highest BCUT2D eigenvalue weighted by Crippen LogP contribution is 2.06. The van der Waals surface area contributed by atoms with Crippen LogP contribution in [-0.4, -0.2) is 50.5 Å². The number of nitrogens with one attached hydrogen (secondary N) is 3. The minimum atomic E-state index is -0.267. The van der Waals surface area contributed by atoms with Crippen molar-refractivity contribution in [2.24, 2.45) is 4.99 Å². The van der Waals surface area contributed by atoms with Crippen molar-refractivity contribution in [3.05, 3.63) is 71.0 Å². The molecule has 29 heavy (non-hydrogen) atoms. The molecule has 6 nitrogen and oxygen atoms in total. The molecule has 2 aromatic rings. The van der Waals surface area contributed by atoms with Crippen LogP contribution in [0.3, 0.4) is 0 Å². The number of likely N-dealkylation sites (N-methyl/N-ethyl adjacent to an activating group) is 1. The lowest BCUT2D eigenvalue weighted by Gasteiger charge is -2.13. The Hall–Kier alpha value is -2.93. The van der Waals surface area contributed by atoms with E-state index in [0.717, 1.165) is 17.7 Å². The summed E-state index contributed by atoms with van der Waals surface area (Å²) in [5.41, 5.74) is 2.41. The van der Waals surface area contributed by atoms with Gasteiger partial charge in [0, 0.05) is 31.7 Å². The van der Waals surface area contributed by atoms with Gasteiger partial charge in [-0.15, -0.1) is 0 Å². The standard InChI is InChI=1S/C22H30FN5O/c1-4-24-22(27-16-18-8-6-10-20(23)14-18)26-15-17-7-5-9-19(13-17)21(29)25-11-12-28(2)3/h5-10,13-14H,4,11-12,15-16H2,1-3H3,(H,25,29)(H2,24,26,27). The lowest BCUT2D eigenvalue weighted by atomic mass is 10.1. The molecular weight excluding hydrogens is 369 g/mol. The zero-order valence-corrected chi connectivity index (χ0v) is 17.3. The van der Waals surface area contributed by atoms with E-state index in [1.807, 2.05) is 50.2 Å². The molecule has 0 heterocycles. The maximum absolute atomic E-state index is 13.3. The average Bonchev–Trinajstić information content (AvgIpc) is 2.70. The molecule has 0 saturated heterocycles. The van der Waals surface area contributed by atoms with E-state index in [0.29, 0.717) is 37.7 Å². The lowest BCUT2D eigenvalue weighted by molar-refractivity contribution is 0.0951. The van der Waals surface area contributed by atoms with Crippen molar-refractivity contribution in [1.82, 2.24) is 20.9 Å². The summed E-state index contributed by atoms with van der Waals surface area (Å²) in [5.74, 6) is 0.286. The quantitative estimate of drug-likeness (QED) is 0.447. The predicted octanol–water partition coefficient (Wildman–Crippen LogP) is 2.37. The summed E-state index contributed by atoms with van der Waals surface area (Å²) in [6, 6.07) is 13.9. The van der Waals surface area contributed by atoms with E-state index in [9.17, 15) is 9.18 Å². The number of aliphatic imine (C=N–C) groups is 1. The monoisotopic (exact) mass is 399 g/mol. The molecule has 0 atom stereocenters. The van der Waals surface area contributed by atoms with Gasteiger partial charge >= 0.3 is 0 Å². The number of guanidine groups is 1.